The van der Waals surface area contributed by atoms with Crippen molar-refractivity contribution in [3.8, 4) is 0 Å². The Labute approximate surface area is 203 Å². The van der Waals surface area contributed by atoms with Crippen molar-refractivity contribution in [2.24, 2.45) is 0 Å². The van der Waals surface area contributed by atoms with Crippen LogP contribution in [0, 0.1) is 6.92 Å². The lowest BCUT2D eigenvalue weighted by atomic mass is 10.1. The standard InChI is InChI=1S/C26H31F3N4O2/c1-20-5-4-6-21(17-20)18-30-9-13-32(14-10-30)24(34)19-31-11-15-33(16-12-31)25(35)22-7-2-3-8-23(22)26(27,28)29/h2-8,17H,9-16,18-19H2,1H3. The Morgan fingerprint density at radius 2 is 1.43 bits per heavy atom. The minimum absolute atomic E-state index is 0.0578. The molecular weight excluding hydrogens is 457 g/mol. The van der Waals surface area contributed by atoms with Gasteiger partial charge in [-0.3, -0.25) is 19.4 Å². The fourth-order valence-corrected chi connectivity index (χ4v) is 4.71. The van der Waals surface area contributed by atoms with E-state index < -0.39 is 17.6 Å². The van der Waals surface area contributed by atoms with Crippen molar-refractivity contribution in [2.45, 2.75) is 19.6 Å². The van der Waals surface area contributed by atoms with Gasteiger partial charge in [0.1, 0.15) is 0 Å². The van der Waals surface area contributed by atoms with Gasteiger partial charge in [-0.15, -0.1) is 0 Å². The molecule has 0 bridgehead atoms. The zero-order valence-electron chi connectivity index (χ0n) is 19.9. The molecule has 35 heavy (non-hydrogen) atoms. The van der Waals surface area contributed by atoms with E-state index in [-0.39, 0.29) is 18.0 Å². The molecule has 0 radical (unpaired) electrons. The van der Waals surface area contributed by atoms with Gasteiger partial charge in [-0.1, -0.05) is 42.0 Å². The number of aryl methyl sites for hydroxylation is 1. The monoisotopic (exact) mass is 488 g/mol. The lowest BCUT2D eigenvalue weighted by Gasteiger charge is -2.38. The van der Waals surface area contributed by atoms with E-state index in [0.29, 0.717) is 39.3 Å². The predicted octanol–water partition coefficient (Wildman–Crippen LogP) is 3.12. The van der Waals surface area contributed by atoms with Crippen LogP contribution in [0.3, 0.4) is 0 Å². The minimum atomic E-state index is -4.58. The normalized spacial score (nSPS) is 18.1. The molecule has 4 rings (SSSR count). The average Bonchev–Trinajstić information content (AvgIpc) is 2.84. The zero-order chi connectivity index (χ0) is 25.0. The zero-order valence-corrected chi connectivity index (χ0v) is 19.9. The number of hydrogen-bond donors (Lipinski definition) is 0. The van der Waals surface area contributed by atoms with E-state index in [9.17, 15) is 22.8 Å². The molecule has 2 saturated heterocycles. The molecular formula is C26H31F3N4O2. The number of amides is 2. The molecule has 0 atom stereocenters. The summed E-state index contributed by atoms with van der Waals surface area (Å²) in [5.74, 6) is -0.559. The molecule has 0 aliphatic carbocycles. The summed E-state index contributed by atoms with van der Waals surface area (Å²) in [6.45, 7) is 7.71. The summed E-state index contributed by atoms with van der Waals surface area (Å²) in [7, 11) is 0. The maximum absolute atomic E-state index is 13.3. The molecule has 2 aliphatic rings. The molecule has 2 aliphatic heterocycles. The first-order chi connectivity index (χ1) is 16.7. The third-order valence-corrected chi connectivity index (χ3v) is 6.69. The van der Waals surface area contributed by atoms with E-state index in [4.69, 9.17) is 0 Å². The number of hydrogen-bond acceptors (Lipinski definition) is 4. The predicted molar refractivity (Wildman–Crippen MR) is 127 cm³/mol. The van der Waals surface area contributed by atoms with Crippen LogP contribution in [0.2, 0.25) is 0 Å². The maximum atomic E-state index is 13.3. The number of piperazine rings is 2. The first-order valence-electron chi connectivity index (χ1n) is 11.9. The van der Waals surface area contributed by atoms with Gasteiger partial charge >= 0.3 is 6.18 Å². The van der Waals surface area contributed by atoms with E-state index in [1.165, 1.54) is 34.2 Å². The van der Waals surface area contributed by atoms with E-state index in [1.54, 1.807) is 0 Å². The highest BCUT2D eigenvalue weighted by Gasteiger charge is 2.36. The molecule has 2 fully saturated rings. The highest BCUT2D eigenvalue weighted by Crippen LogP contribution is 2.32. The quantitative estimate of drug-likeness (QED) is 0.649. The van der Waals surface area contributed by atoms with Crippen LogP contribution in [0.4, 0.5) is 13.2 Å². The Morgan fingerprint density at radius 1 is 0.800 bits per heavy atom. The highest BCUT2D eigenvalue weighted by atomic mass is 19.4. The van der Waals surface area contributed by atoms with Crippen molar-refractivity contribution < 1.29 is 22.8 Å². The van der Waals surface area contributed by atoms with Gasteiger partial charge in [-0.25, -0.2) is 0 Å². The van der Waals surface area contributed by atoms with E-state index in [0.717, 1.165) is 25.7 Å². The van der Waals surface area contributed by atoms with Gasteiger partial charge in [0.2, 0.25) is 5.91 Å². The van der Waals surface area contributed by atoms with Gasteiger partial charge < -0.3 is 9.80 Å². The summed E-state index contributed by atoms with van der Waals surface area (Å²) in [4.78, 5) is 33.2. The Morgan fingerprint density at radius 3 is 2.09 bits per heavy atom. The van der Waals surface area contributed by atoms with Crippen molar-refractivity contribution in [3.63, 3.8) is 0 Å². The van der Waals surface area contributed by atoms with Crippen molar-refractivity contribution in [2.75, 3.05) is 58.9 Å². The molecule has 188 valence electrons. The van der Waals surface area contributed by atoms with Crippen LogP contribution in [0.25, 0.3) is 0 Å². The molecule has 0 saturated carbocycles. The molecule has 2 aromatic carbocycles. The summed E-state index contributed by atoms with van der Waals surface area (Å²) in [6, 6.07) is 13.3. The second-order valence-electron chi connectivity index (χ2n) is 9.26. The van der Waals surface area contributed by atoms with E-state index in [1.807, 2.05) is 9.80 Å². The van der Waals surface area contributed by atoms with Crippen LogP contribution in [0.5, 0.6) is 0 Å². The molecule has 0 spiro atoms. The number of alkyl halides is 3. The molecule has 2 amide bonds. The molecule has 6 nitrogen and oxygen atoms in total. The Bertz CT molecular complexity index is 1040. The van der Waals surface area contributed by atoms with Crippen LogP contribution in [0.15, 0.2) is 48.5 Å². The maximum Gasteiger partial charge on any atom is 0.417 e. The molecule has 2 heterocycles. The second kappa shape index (κ2) is 10.8. The Balaban J connectivity index is 1.23. The minimum Gasteiger partial charge on any atom is -0.339 e. The summed E-state index contributed by atoms with van der Waals surface area (Å²) in [5, 5.41) is 0. The summed E-state index contributed by atoms with van der Waals surface area (Å²) in [5.41, 5.74) is 1.27. The lowest BCUT2D eigenvalue weighted by Crippen LogP contribution is -2.54. The summed E-state index contributed by atoms with van der Waals surface area (Å²) in [6.07, 6.45) is -4.58. The number of benzene rings is 2. The second-order valence-corrected chi connectivity index (χ2v) is 9.26. The molecule has 2 aromatic rings. The van der Waals surface area contributed by atoms with Crippen molar-refractivity contribution >= 4 is 11.8 Å². The molecule has 9 heteroatoms. The fraction of sp³-hybridized carbons (Fsp3) is 0.462. The van der Waals surface area contributed by atoms with Crippen molar-refractivity contribution in [1.29, 1.82) is 0 Å². The van der Waals surface area contributed by atoms with Gasteiger partial charge in [0.25, 0.3) is 5.91 Å². The van der Waals surface area contributed by atoms with Gasteiger partial charge in [0.05, 0.1) is 17.7 Å². The third kappa shape index (κ3) is 6.41. The first-order valence-corrected chi connectivity index (χ1v) is 11.9. The van der Waals surface area contributed by atoms with Crippen LogP contribution in [-0.4, -0.2) is 90.3 Å². The molecule has 0 N–H and O–H groups in total. The van der Waals surface area contributed by atoms with Gasteiger partial charge in [0, 0.05) is 58.9 Å². The van der Waals surface area contributed by atoms with Crippen molar-refractivity contribution in [1.82, 2.24) is 19.6 Å². The number of halogens is 3. The summed E-state index contributed by atoms with van der Waals surface area (Å²) < 4.78 is 39.9. The van der Waals surface area contributed by atoms with Crippen LogP contribution in [-0.2, 0) is 17.5 Å². The molecule has 0 unspecified atom stereocenters. The number of carbonyl (C=O) groups excluding carboxylic acids is 2. The largest absolute Gasteiger partial charge is 0.417 e. The molecule has 0 aromatic heterocycles. The third-order valence-electron chi connectivity index (χ3n) is 6.69. The van der Waals surface area contributed by atoms with Crippen LogP contribution >= 0.6 is 0 Å². The van der Waals surface area contributed by atoms with E-state index >= 15 is 0 Å². The topological polar surface area (TPSA) is 47.1 Å². The smallest absolute Gasteiger partial charge is 0.339 e. The van der Waals surface area contributed by atoms with Crippen molar-refractivity contribution in [3.05, 3.63) is 70.8 Å². The average molecular weight is 489 g/mol. The number of carbonyl (C=O) groups is 2. The SMILES string of the molecule is Cc1cccc(CN2CCN(C(=O)CN3CCN(C(=O)c4ccccc4C(F)(F)F)CC3)CC2)c1. The Kier molecular flexibility index (Phi) is 7.76. The first kappa shape index (κ1) is 25.2. The summed E-state index contributed by atoms with van der Waals surface area (Å²) >= 11 is 0. The Hall–Kier alpha value is -2.91. The van der Waals surface area contributed by atoms with Crippen LogP contribution < -0.4 is 0 Å². The van der Waals surface area contributed by atoms with Gasteiger partial charge in [-0.05, 0) is 24.6 Å². The number of nitrogens with zero attached hydrogens (tertiary/aromatic N) is 4. The van der Waals surface area contributed by atoms with Gasteiger partial charge in [0.15, 0.2) is 0 Å². The van der Waals surface area contributed by atoms with E-state index in [2.05, 4.69) is 36.1 Å². The number of rotatable bonds is 5. The van der Waals surface area contributed by atoms with Gasteiger partial charge in [-0.2, -0.15) is 13.2 Å². The fourth-order valence-electron chi connectivity index (χ4n) is 4.71. The lowest BCUT2D eigenvalue weighted by molar-refractivity contribution is -0.138. The highest BCUT2D eigenvalue weighted by molar-refractivity contribution is 5.96. The van der Waals surface area contributed by atoms with Crippen LogP contribution in [0.1, 0.15) is 27.0 Å².